The summed E-state index contributed by atoms with van der Waals surface area (Å²) in [6.07, 6.45) is 1.82. The summed E-state index contributed by atoms with van der Waals surface area (Å²) in [4.78, 5) is 4.26. The summed E-state index contributed by atoms with van der Waals surface area (Å²) in [6.45, 7) is 12.0. The zero-order valence-electron chi connectivity index (χ0n) is 10.0. The molecule has 0 N–H and O–H groups in total. The average Bonchev–Trinajstić information content (AvgIpc) is 1.98. The van der Waals surface area contributed by atoms with Crippen LogP contribution in [-0.4, -0.2) is 6.21 Å². The van der Waals surface area contributed by atoms with Gasteiger partial charge in [0.1, 0.15) is 0 Å². The summed E-state index contributed by atoms with van der Waals surface area (Å²) in [6, 6.07) is 0. The maximum Gasteiger partial charge on any atom is 0.0789 e. The molecule has 0 spiro atoms. The molecule has 0 aromatic carbocycles. The SMILES string of the molecule is CC(C)=C=C(C)C=NC(C)=C=C(C)C. The molecule has 0 atom stereocenters. The Morgan fingerprint density at radius 3 is 1.79 bits per heavy atom. The maximum absolute atomic E-state index is 4.26. The Labute approximate surface area is 87.3 Å². The van der Waals surface area contributed by atoms with E-state index in [1.807, 2.05) is 47.8 Å². The molecule has 76 valence electrons. The molecule has 0 rings (SSSR count). The highest BCUT2D eigenvalue weighted by Gasteiger charge is 1.82. The van der Waals surface area contributed by atoms with Gasteiger partial charge in [0.15, 0.2) is 0 Å². The predicted octanol–water partition coefficient (Wildman–Crippen LogP) is 4.04. The molecule has 0 aromatic rings. The van der Waals surface area contributed by atoms with E-state index in [-0.39, 0.29) is 0 Å². The minimum Gasteiger partial charge on any atom is -0.252 e. The molecule has 0 aliphatic carbocycles. The van der Waals surface area contributed by atoms with Crippen molar-refractivity contribution in [3.8, 4) is 0 Å². The van der Waals surface area contributed by atoms with Crippen molar-refractivity contribution in [3.63, 3.8) is 0 Å². The van der Waals surface area contributed by atoms with Gasteiger partial charge >= 0.3 is 0 Å². The summed E-state index contributed by atoms with van der Waals surface area (Å²) in [7, 11) is 0. The molecule has 0 radical (unpaired) electrons. The van der Waals surface area contributed by atoms with Crippen LogP contribution in [0.5, 0.6) is 0 Å². The number of nitrogens with zero attached hydrogens (tertiary/aromatic N) is 1. The zero-order valence-corrected chi connectivity index (χ0v) is 10.0. The third-order valence-electron chi connectivity index (χ3n) is 1.33. The third-order valence-corrected chi connectivity index (χ3v) is 1.33. The molecule has 0 aromatic heterocycles. The lowest BCUT2D eigenvalue weighted by Gasteiger charge is -1.88. The highest BCUT2D eigenvalue weighted by molar-refractivity contribution is 5.78. The van der Waals surface area contributed by atoms with Crippen molar-refractivity contribution in [1.29, 1.82) is 0 Å². The summed E-state index contributed by atoms with van der Waals surface area (Å²) in [5, 5.41) is 0. The summed E-state index contributed by atoms with van der Waals surface area (Å²) in [5.41, 5.74) is 10.6. The first kappa shape index (κ1) is 12.7. The Morgan fingerprint density at radius 1 is 0.857 bits per heavy atom. The fourth-order valence-electron chi connectivity index (χ4n) is 1.01. The molecule has 0 aliphatic rings. The second-order valence-corrected chi connectivity index (χ2v) is 3.78. The molecule has 14 heavy (non-hydrogen) atoms. The molecule has 0 amide bonds. The van der Waals surface area contributed by atoms with Gasteiger partial charge in [0.2, 0.25) is 0 Å². The number of hydrogen-bond acceptors (Lipinski definition) is 1. The van der Waals surface area contributed by atoms with E-state index in [9.17, 15) is 0 Å². The molecule has 0 aliphatic heterocycles. The maximum atomic E-state index is 4.26. The zero-order chi connectivity index (χ0) is 11.1. The summed E-state index contributed by atoms with van der Waals surface area (Å²) < 4.78 is 0. The average molecular weight is 189 g/mol. The summed E-state index contributed by atoms with van der Waals surface area (Å²) >= 11 is 0. The van der Waals surface area contributed by atoms with Crippen LogP contribution in [0, 0.1) is 0 Å². The van der Waals surface area contributed by atoms with E-state index in [2.05, 4.69) is 16.5 Å². The second kappa shape index (κ2) is 6.21. The van der Waals surface area contributed by atoms with Crippen LogP contribution in [0.15, 0.2) is 38.9 Å². The highest BCUT2D eigenvalue weighted by atomic mass is 14.7. The van der Waals surface area contributed by atoms with E-state index in [1.54, 1.807) is 0 Å². The lowest BCUT2D eigenvalue weighted by molar-refractivity contribution is 1.29. The van der Waals surface area contributed by atoms with Crippen molar-refractivity contribution in [3.05, 3.63) is 33.9 Å². The van der Waals surface area contributed by atoms with Crippen molar-refractivity contribution >= 4 is 6.21 Å². The van der Waals surface area contributed by atoms with Crippen LogP contribution in [0.25, 0.3) is 0 Å². The van der Waals surface area contributed by atoms with Crippen molar-refractivity contribution < 1.29 is 0 Å². The van der Waals surface area contributed by atoms with Gasteiger partial charge in [-0.25, -0.2) is 0 Å². The first-order valence-electron chi connectivity index (χ1n) is 4.77. The van der Waals surface area contributed by atoms with Crippen molar-refractivity contribution in [2.24, 2.45) is 4.99 Å². The van der Waals surface area contributed by atoms with E-state index in [0.717, 1.165) is 22.4 Å². The first-order valence-corrected chi connectivity index (χ1v) is 4.77. The lowest BCUT2D eigenvalue weighted by Crippen LogP contribution is -1.76. The Morgan fingerprint density at radius 2 is 1.36 bits per heavy atom. The summed E-state index contributed by atoms with van der Waals surface area (Å²) in [5.74, 6) is 0. The number of aliphatic imine (C=N–C) groups is 1. The Bertz CT molecular complexity index is 311. The van der Waals surface area contributed by atoms with Crippen LogP contribution in [0.2, 0.25) is 0 Å². The smallest absolute Gasteiger partial charge is 0.0789 e. The predicted molar refractivity (Wildman–Crippen MR) is 63.6 cm³/mol. The van der Waals surface area contributed by atoms with Crippen LogP contribution < -0.4 is 0 Å². The van der Waals surface area contributed by atoms with Gasteiger partial charge in [-0.2, -0.15) is 0 Å². The molecule has 0 saturated heterocycles. The number of hydrogen-bond donors (Lipinski definition) is 0. The van der Waals surface area contributed by atoms with E-state index in [0.29, 0.717) is 0 Å². The van der Waals surface area contributed by atoms with E-state index in [1.165, 1.54) is 0 Å². The van der Waals surface area contributed by atoms with Gasteiger partial charge in [-0.05, 0) is 52.7 Å². The standard InChI is InChI=1S/C13H19N/c1-10(2)7-12(5)9-14-13(6)8-11(3)4/h9H,1-6H3. The molecule has 0 saturated carbocycles. The fourth-order valence-corrected chi connectivity index (χ4v) is 1.01. The van der Waals surface area contributed by atoms with Gasteiger partial charge in [0.25, 0.3) is 0 Å². The molecule has 1 heteroatoms. The van der Waals surface area contributed by atoms with Crippen LogP contribution in [0.3, 0.4) is 0 Å². The minimum atomic E-state index is 0.903. The Hall–Kier alpha value is -1.29. The number of allylic oxidation sites excluding steroid dienone is 2. The van der Waals surface area contributed by atoms with Gasteiger partial charge in [-0.15, -0.1) is 5.73 Å². The molecule has 0 fully saturated rings. The van der Waals surface area contributed by atoms with E-state index < -0.39 is 0 Å². The molecule has 0 bridgehead atoms. The first-order chi connectivity index (χ1) is 6.41. The Balaban J connectivity index is 4.81. The van der Waals surface area contributed by atoms with Gasteiger partial charge in [0, 0.05) is 11.8 Å². The molecule has 0 unspecified atom stereocenters. The van der Waals surface area contributed by atoms with Crippen LogP contribution in [0.4, 0.5) is 0 Å². The van der Waals surface area contributed by atoms with Crippen LogP contribution in [0.1, 0.15) is 41.5 Å². The molecular formula is C13H19N. The fraction of sp³-hybridized carbons (Fsp3) is 0.462. The van der Waals surface area contributed by atoms with Crippen LogP contribution in [-0.2, 0) is 0 Å². The quantitative estimate of drug-likeness (QED) is 0.459. The molecular weight excluding hydrogens is 170 g/mol. The van der Waals surface area contributed by atoms with Crippen molar-refractivity contribution in [1.82, 2.24) is 0 Å². The largest absolute Gasteiger partial charge is 0.252 e. The second-order valence-electron chi connectivity index (χ2n) is 3.78. The lowest BCUT2D eigenvalue weighted by atomic mass is 10.3. The number of rotatable bonds is 2. The monoisotopic (exact) mass is 189 g/mol. The van der Waals surface area contributed by atoms with Crippen molar-refractivity contribution in [2.45, 2.75) is 41.5 Å². The van der Waals surface area contributed by atoms with Gasteiger partial charge in [0.05, 0.1) is 5.70 Å². The molecule has 0 heterocycles. The topological polar surface area (TPSA) is 12.4 Å². The third kappa shape index (κ3) is 7.36. The van der Waals surface area contributed by atoms with E-state index >= 15 is 0 Å². The highest BCUT2D eigenvalue weighted by Crippen LogP contribution is 1.97. The van der Waals surface area contributed by atoms with Crippen molar-refractivity contribution in [2.75, 3.05) is 0 Å². The Kier molecular flexibility index (Phi) is 5.64. The van der Waals surface area contributed by atoms with Gasteiger partial charge in [-0.1, -0.05) is 5.73 Å². The van der Waals surface area contributed by atoms with Gasteiger partial charge in [-0.3, -0.25) is 4.99 Å². The minimum absolute atomic E-state index is 0.903. The normalized spacial score (nSPS) is 9.29. The van der Waals surface area contributed by atoms with E-state index in [4.69, 9.17) is 0 Å². The van der Waals surface area contributed by atoms with Crippen LogP contribution >= 0.6 is 0 Å². The van der Waals surface area contributed by atoms with Gasteiger partial charge < -0.3 is 0 Å². The molecule has 1 nitrogen and oxygen atoms in total.